The number of hydrogen-bond donors (Lipinski definition) is 0. The Bertz CT molecular complexity index is 384. The van der Waals surface area contributed by atoms with Gasteiger partial charge in [-0.25, -0.2) is 0 Å². The van der Waals surface area contributed by atoms with Gasteiger partial charge in [-0.1, -0.05) is 40.9 Å². The van der Waals surface area contributed by atoms with Crippen molar-refractivity contribution in [3.05, 3.63) is 33.3 Å². The van der Waals surface area contributed by atoms with Gasteiger partial charge in [-0.3, -0.25) is 8.42 Å². The molecule has 0 amide bonds. The van der Waals surface area contributed by atoms with Crippen LogP contribution in [-0.2, 0) is 10.4 Å². The fourth-order valence-electron chi connectivity index (χ4n) is 0.477. The van der Waals surface area contributed by atoms with E-state index >= 15 is 0 Å². The van der Waals surface area contributed by atoms with Crippen LogP contribution in [0.2, 0.25) is 15.1 Å². The number of halogens is 3. The van der Waals surface area contributed by atoms with Crippen molar-refractivity contribution in [1.29, 1.82) is 0 Å². The topological polar surface area (TPSA) is 80.3 Å². The second-order valence-electron chi connectivity index (χ2n) is 1.94. The molecule has 0 aromatic heterocycles. The molecule has 0 aliphatic carbocycles. The number of rotatable bonds is 0. The maximum absolute atomic E-state index is 8.52. The average Bonchev–Trinajstić information content (AvgIpc) is 1.97. The van der Waals surface area contributed by atoms with E-state index in [1.54, 1.807) is 18.2 Å². The molecule has 0 saturated heterocycles. The molecule has 0 aliphatic rings. The monoisotopic (exact) mass is 354 g/mol. The Kier molecular flexibility index (Phi) is 18.2. The Morgan fingerprint density at radius 2 is 1.19 bits per heavy atom. The zero-order valence-electron chi connectivity index (χ0n) is 8.41. The summed E-state index contributed by atoms with van der Waals surface area (Å²) in [5.74, 6) is 0. The summed E-state index contributed by atoms with van der Waals surface area (Å²) in [6, 6.07) is 5.13. The van der Waals surface area contributed by atoms with Gasteiger partial charge in [-0.15, -0.1) is 0 Å². The quantitative estimate of drug-likeness (QED) is 0.208. The van der Waals surface area contributed by atoms with E-state index in [-0.39, 0.29) is 103 Å². The van der Waals surface area contributed by atoms with Gasteiger partial charge in [-0.2, -0.15) is 0 Å². The van der Waals surface area contributed by atoms with Crippen molar-refractivity contribution >= 4 is 45.2 Å². The Morgan fingerprint density at radius 3 is 1.38 bits per heavy atom. The maximum Gasteiger partial charge on any atom is 1.00 e. The molecule has 1 aromatic rings. The SMILES string of the molecule is Clc1cccc(Cl)c1Cl.O=S(=O)([O-])[O-].[K+].[K+]. The third-order valence-electron chi connectivity index (χ3n) is 0.904. The predicted octanol–water partition coefficient (Wildman–Crippen LogP) is -3.68. The first kappa shape index (κ1) is 24.3. The third-order valence-corrected chi connectivity index (χ3v) is 2.14. The molecule has 1 aromatic carbocycles. The minimum atomic E-state index is -5.17. The summed E-state index contributed by atoms with van der Waals surface area (Å²) < 4.78 is 34.1. The summed E-state index contributed by atoms with van der Waals surface area (Å²) in [6.45, 7) is 0. The van der Waals surface area contributed by atoms with Crippen molar-refractivity contribution < 1.29 is 120 Å². The molecule has 0 saturated carbocycles. The number of hydrogen-bond acceptors (Lipinski definition) is 4. The largest absolute Gasteiger partial charge is 1.00 e. The van der Waals surface area contributed by atoms with Gasteiger partial charge in [0.1, 0.15) is 0 Å². The van der Waals surface area contributed by atoms with Crippen LogP contribution in [-0.4, -0.2) is 17.5 Å². The first-order valence-electron chi connectivity index (χ1n) is 2.98. The van der Waals surface area contributed by atoms with Gasteiger partial charge in [0.15, 0.2) is 0 Å². The van der Waals surface area contributed by atoms with Crippen molar-refractivity contribution in [2.24, 2.45) is 0 Å². The van der Waals surface area contributed by atoms with Gasteiger partial charge in [0.2, 0.25) is 0 Å². The van der Waals surface area contributed by atoms with E-state index in [1.165, 1.54) is 0 Å². The zero-order chi connectivity index (χ0) is 11.4. The second kappa shape index (κ2) is 12.0. The third kappa shape index (κ3) is 15.3. The minimum Gasteiger partial charge on any atom is -0.759 e. The standard InChI is InChI=1S/C6H3Cl3.2K.H2O4S/c7-4-2-1-3-5(8)6(4)9;;;1-5(2,3)4/h1-3H;;;(H2,1,2,3,4)/q;2*+1;/p-2. The van der Waals surface area contributed by atoms with Gasteiger partial charge in [0, 0.05) is 10.4 Å². The smallest absolute Gasteiger partial charge is 0.759 e. The molecule has 1 rings (SSSR count). The molecule has 0 fully saturated rings. The van der Waals surface area contributed by atoms with E-state index in [0.29, 0.717) is 15.1 Å². The van der Waals surface area contributed by atoms with Crippen molar-refractivity contribution in [3.63, 3.8) is 0 Å². The van der Waals surface area contributed by atoms with Crippen LogP contribution in [0.15, 0.2) is 18.2 Å². The van der Waals surface area contributed by atoms with Gasteiger partial charge < -0.3 is 9.11 Å². The molecule has 0 atom stereocenters. The van der Waals surface area contributed by atoms with Crippen molar-refractivity contribution in [3.8, 4) is 0 Å². The van der Waals surface area contributed by atoms with Gasteiger partial charge >= 0.3 is 103 Å². The molecule has 16 heavy (non-hydrogen) atoms. The fourth-order valence-corrected chi connectivity index (χ4v) is 1.00. The van der Waals surface area contributed by atoms with Crippen LogP contribution in [0, 0.1) is 0 Å². The van der Waals surface area contributed by atoms with Gasteiger partial charge in [-0.05, 0) is 12.1 Å². The molecule has 0 N–H and O–H groups in total. The van der Waals surface area contributed by atoms with E-state index in [0.717, 1.165) is 0 Å². The molecule has 0 bridgehead atoms. The molecular weight excluding hydrogens is 353 g/mol. The van der Waals surface area contributed by atoms with Crippen LogP contribution in [0.3, 0.4) is 0 Å². The average molecular weight is 356 g/mol. The molecule has 80 valence electrons. The first-order valence-corrected chi connectivity index (χ1v) is 5.44. The molecule has 0 aliphatic heterocycles. The summed E-state index contributed by atoms with van der Waals surface area (Å²) in [6.07, 6.45) is 0. The van der Waals surface area contributed by atoms with Crippen LogP contribution in [0.5, 0.6) is 0 Å². The minimum absolute atomic E-state index is 0. The second-order valence-corrected chi connectivity index (χ2v) is 3.95. The Labute approximate surface area is 194 Å². The van der Waals surface area contributed by atoms with Crippen molar-refractivity contribution in [2.45, 2.75) is 0 Å². The van der Waals surface area contributed by atoms with E-state index in [9.17, 15) is 0 Å². The summed E-state index contributed by atoms with van der Waals surface area (Å²) in [5, 5.41) is 1.40. The van der Waals surface area contributed by atoms with Gasteiger partial charge in [0.05, 0.1) is 15.1 Å². The van der Waals surface area contributed by atoms with E-state index in [1.807, 2.05) is 0 Å². The van der Waals surface area contributed by atoms with Crippen molar-refractivity contribution in [2.75, 3.05) is 0 Å². The van der Waals surface area contributed by atoms with E-state index < -0.39 is 10.4 Å². The number of benzene rings is 1. The predicted molar refractivity (Wildman–Crippen MR) is 51.9 cm³/mol. The zero-order valence-corrected chi connectivity index (χ0v) is 17.7. The molecule has 0 radical (unpaired) electrons. The Morgan fingerprint density at radius 1 is 0.938 bits per heavy atom. The molecule has 0 unspecified atom stereocenters. The Hall–Kier alpha value is 3.23. The van der Waals surface area contributed by atoms with Gasteiger partial charge in [0.25, 0.3) is 0 Å². The summed E-state index contributed by atoms with van der Waals surface area (Å²) in [5.41, 5.74) is 0. The van der Waals surface area contributed by atoms with Crippen LogP contribution in [0.1, 0.15) is 0 Å². The van der Waals surface area contributed by atoms with Crippen LogP contribution in [0.4, 0.5) is 0 Å². The van der Waals surface area contributed by atoms with Crippen LogP contribution < -0.4 is 103 Å². The molecule has 10 heteroatoms. The fraction of sp³-hybridized carbons (Fsp3) is 0. The molecular formula is C6H3Cl3K2O4S. The Balaban J connectivity index is -0.000000214. The van der Waals surface area contributed by atoms with Crippen LogP contribution >= 0.6 is 34.8 Å². The summed E-state index contributed by atoms with van der Waals surface area (Å²) >= 11 is 16.8. The molecule has 0 heterocycles. The normalized spacial score (nSPS) is 9.06. The molecule has 4 nitrogen and oxygen atoms in total. The van der Waals surface area contributed by atoms with E-state index in [4.69, 9.17) is 52.3 Å². The summed E-state index contributed by atoms with van der Waals surface area (Å²) in [7, 11) is -5.17. The van der Waals surface area contributed by atoms with Crippen molar-refractivity contribution in [1.82, 2.24) is 0 Å². The van der Waals surface area contributed by atoms with Crippen LogP contribution in [0.25, 0.3) is 0 Å². The molecule has 0 spiro atoms. The first-order chi connectivity index (χ1) is 6.22. The summed E-state index contributed by atoms with van der Waals surface area (Å²) in [4.78, 5) is 0. The maximum atomic E-state index is 8.52. The van der Waals surface area contributed by atoms with E-state index in [2.05, 4.69) is 0 Å².